The summed E-state index contributed by atoms with van der Waals surface area (Å²) in [4.78, 5) is 26.7. The molecular weight excluding hydrogens is 1120 g/mol. The fourth-order valence-corrected chi connectivity index (χ4v) is 11.3. The van der Waals surface area contributed by atoms with Crippen molar-refractivity contribution >= 4 is 11.9 Å². The maximum absolute atomic E-state index is 13.5. The van der Waals surface area contributed by atoms with Gasteiger partial charge in [-0.05, 0) is 109 Å². The van der Waals surface area contributed by atoms with Crippen LogP contribution in [0.25, 0.3) is 0 Å². The molecule has 1 fully saturated rings. The number of hydrogen-bond donors (Lipinski definition) is 6. The molecule has 0 saturated carbocycles. The molecule has 6 N–H and O–H groups in total. The van der Waals surface area contributed by atoms with Crippen molar-refractivity contribution in [2.24, 2.45) is 0 Å². The van der Waals surface area contributed by atoms with Gasteiger partial charge in [-0.25, -0.2) is 0 Å². The van der Waals surface area contributed by atoms with Crippen LogP contribution in [0.5, 0.6) is 0 Å². The Hall–Kier alpha value is -3.42. The molecule has 1 rings (SSSR count). The van der Waals surface area contributed by atoms with E-state index in [4.69, 9.17) is 14.2 Å². The second-order valence-electron chi connectivity index (χ2n) is 25.7. The summed E-state index contributed by atoms with van der Waals surface area (Å²) in [5.74, 6) is -1.20. The first-order valence-corrected chi connectivity index (χ1v) is 37.5. The maximum atomic E-state index is 13.5. The van der Waals surface area contributed by atoms with E-state index in [1.165, 1.54) is 173 Å². The molecule has 1 saturated heterocycles. The summed E-state index contributed by atoms with van der Waals surface area (Å²) in [6, 6.07) is -1.04. The lowest BCUT2D eigenvalue weighted by Crippen LogP contribution is -2.61. The second-order valence-corrected chi connectivity index (χ2v) is 25.7. The van der Waals surface area contributed by atoms with Gasteiger partial charge in [0.05, 0.1) is 25.4 Å². The average Bonchev–Trinajstić information content (AvgIpc) is 1.14. The maximum Gasteiger partial charge on any atom is 0.306 e. The zero-order valence-electron chi connectivity index (χ0n) is 58.0. The minimum atomic E-state index is -1.62. The van der Waals surface area contributed by atoms with E-state index < -0.39 is 67.4 Å². The lowest BCUT2D eigenvalue weighted by Gasteiger charge is -2.41. The van der Waals surface area contributed by atoms with Gasteiger partial charge in [0, 0.05) is 6.42 Å². The molecule has 1 aliphatic rings. The molecule has 1 aliphatic heterocycles. The van der Waals surface area contributed by atoms with Gasteiger partial charge in [-0.2, -0.15) is 0 Å². The number of carbonyl (C=O) groups is 2. The van der Waals surface area contributed by atoms with Crippen molar-refractivity contribution in [2.75, 3.05) is 13.2 Å². The van der Waals surface area contributed by atoms with Gasteiger partial charge in [0.15, 0.2) is 12.4 Å². The standard InChI is InChI=1S/C79H139NO10/c1-4-7-10-13-16-19-22-25-27-29-31-33-35-36-37-38-39-41-43-45-47-49-52-55-58-61-64-67-74(84)90-77-76(86)75(85)73(68-81)89-79(77)88-69-70(71(82)65-62-59-56-53-50-24-21-18-15-12-9-6-3)80-78(87)72(83)66-63-60-57-54-51-48-46-44-42-40-34-32-30-28-26-23-20-17-14-11-8-5-2/h16-17,19-20,25-28,31-34,42,44,62,65,70-73,75-77,79,81-83,85-86H,4-15,18,21-24,29-30,35-41,43,45-61,63-64,66-69H2,1-3H3,(H,80,87)/b19-16-,20-17-,27-25-,28-26-,33-31-,34-32-,44-42-,65-62+. The van der Waals surface area contributed by atoms with Gasteiger partial charge in [0.25, 0.3) is 0 Å². The SMILES string of the molecule is CCCCC/C=C\C/C=C\C/C=C\C/C=C\CCCCCCCCC(O)C(=O)NC(COC1OC(CO)C(O)C(O)C1OC(=O)CCCCCCCCCCCCCCCC/C=C\C/C=C\C/C=C\CCCCC)C(O)/C=C/CCCCCCCCCCCC. The van der Waals surface area contributed by atoms with E-state index in [2.05, 4.69) is 111 Å². The molecule has 11 heteroatoms. The van der Waals surface area contributed by atoms with Crippen molar-refractivity contribution < 1.29 is 49.3 Å². The highest BCUT2D eigenvalue weighted by molar-refractivity contribution is 5.80. The highest BCUT2D eigenvalue weighted by atomic mass is 16.7. The van der Waals surface area contributed by atoms with E-state index in [1.807, 2.05) is 6.08 Å². The van der Waals surface area contributed by atoms with Crippen molar-refractivity contribution in [3.63, 3.8) is 0 Å². The fourth-order valence-electron chi connectivity index (χ4n) is 11.3. The zero-order valence-corrected chi connectivity index (χ0v) is 58.0. The Morgan fingerprint density at radius 3 is 1.17 bits per heavy atom. The van der Waals surface area contributed by atoms with E-state index >= 15 is 0 Å². The Morgan fingerprint density at radius 2 is 0.767 bits per heavy atom. The largest absolute Gasteiger partial charge is 0.454 e. The third kappa shape index (κ3) is 52.0. The summed E-state index contributed by atoms with van der Waals surface area (Å²) in [6.45, 7) is 5.76. The van der Waals surface area contributed by atoms with Crippen LogP contribution in [-0.4, -0.2) is 99.6 Å². The molecule has 90 heavy (non-hydrogen) atoms. The topological polar surface area (TPSA) is 175 Å². The van der Waals surface area contributed by atoms with Gasteiger partial charge in [-0.3, -0.25) is 9.59 Å². The number of ether oxygens (including phenoxy) is 3. The highest BCUT2D eigenvalue weighted by Crippen LogP contribution is 2.26. The first kappa shape index (κ1) is 84.6. The summed E-state index contributed by atoms with van der Waals surface area (Å²) in [6.07, 6.45) is 78.7. The summed E-state index contributed by atoms with van der Waals surface area (Å²) < 4.78 is 17.7. The molecule has 1 heterocycles. The van der Waals surface area contributed by atoms with Crippen molar-refractivity contribution in [2.45, 2.75) is 378 Å². The molecule has 8 unspecified atom stereocenters. The molecule has 0 aliphatic carbocycles. The quantitative estimate of drug-likeness (QED) is 0.0195. The predicted molar refractivity (Wildman–Crippen MR) is 379 cm³/mol. The van der Waals surface area contributed by atoms with E-state index in [0.29, 0.717) is 12.8 Å². The first-order valence-electron chi connectivity index (χ1n) is 37.5. The Labute approximate surface area is 552 Å². The van der Waals surface area contributed by atoms with Crippen molar-refractivity contribution in [1.29, 1.82) is 0 Å². The van der Waals surface area contributed by atoms with Crippen LogP contribution < -0.4 is 5.32 Å². The van der Waals surface area contributed by atoms with E-state index in [-0.39, 0.29) is 19.4 Å². The van der Waals surface area contributed by atoms with Crippen molar-refractivity contribution in [3.05, 3.63) is 97.2 Å². The van der Waals surface area contributed by atoms with Crippen LogP contribution in [0, 0.1) is 0 Å². The van der Waals surface area contributed by atoms with Crippen LogP contribution in [0.1, 0.15) is 329 Å². The summed E-state index contributed by atoms with van der Waals surface area (Å²) in [5.41, 5.74) is 0. The molecule has 11 nitrogen and oxygen atoms in total. The molecule has 0 aromatic heterocycles. The Bertz CT molecular complexity index is 1840. The minimum Gasteiger partial charge on any atom is -0.454 e. The molecule has 520 valence electrons. The zero-order chi connectivity index (χ0) is 65.3. The van der Waals surface area contributed by atoms with E-state index in [1.54, 1.807) is 6.08 Å². The number of amides is 1. The minimum absolute atomic E-state index is 0.118. The third-order valence-corrected chi connectivity index (χ3v) is 17.2. The number of esters is 1. The van der Waals surface area contributed by atoms with Gasteiger partial charge < -0.3 is 45.1 Å². The van der Waals surface area contributed by atoms with E-state index in [9.17, 15) is 35.1 Å². The lowest BCUT2D eigenvalue weighted by atomic mass is 9.99. The van der Waals surface area contributed by atoms with Crippen LogP contribution in [0.15, 0.2) is 97.2 Å². The van der Waals surface area contributed by atoms with Gasteiger partial charge in [-0.1, -0.05) is 311 Å². The predicted octanol–water partition coefficient (Wildman–Crippen LogP) is 19.8. The number of aliphatic hydroxyl groups is 5. The third-order valence-electron chi connectivity index (χ3n) is 17.2. The Balaban J connectivity index is 2.54. The number of aliphatic hydroxyl groups excluding tert-OH is 5. The van der Waals surface area contributed by atoms with Crippen LogP contribution in [0.4, 0.5) is 0 Å². The number of hydrogen-bond acceptors (Lipinski definition) is 10. The fraction of sp³-hybridized carbons (Fsp3) is 0.772. The molecule has 0 spiro atoms. The number of carbonyl (C=O) groups excluding carboxylic acids is 2. The molecule has 0 aromatic carbocycles. The molecule has 8 atom stereocenters. The molecule has 0 bridgehead atoms. The number of rotatable bonds is 64. The van der Waals surface area contributed by atoms with Gasteiger partial charge in [0.2, 0.25) is 5.91 Å². The van der Waals surface area contributed by atoms with Crippen LogP contribution in [-0.2, 0) is 23.8 Å². The van der Waals surface area contributed by atoms with Crippen LogP contribution in [0.2, 0.25) is 0 Å². The van der Waals surface area contributed by atoms with Crippen LogP contribution in [0.3, 0.4) is 0 Å². The van der Waals surface area contributed by atoms with Gasteiger partial charge >= 0.3 is 5.97 Å². The monoisotopic (exact) mass is 1260 g/mol. The van der Waals surface area contributed by atoms with E-state index in [0.717, 1.165) is 109 Å². The van der Waals surface area contributed by atoms with Crippen LogP contribution >= 0.6 is 0 Å². The first-order chi connectivity index (χ1) is 44.2. The second kappa shape index (κ2) is 65.6. The highest BCUT2D eigenvalue weighted by Gasteiger charge is 2.47. The number of unbranched alkanes of at least 4 members (excludes halogenated alkanes) is 36. The summed E-state index contributed by atoms with van der Waals surface area (Å²) in [5, 5.41) is 57.3. The normalized spacial score (nSPS) is 18.6. The van der Waals surface area contributed by atoms with Crippen molar-refractivity contribution in [3.8, 4) is 0 Å². The molecule has 0 aromatic rings. The molecule has 1 amide bonds. The number of nitrogens with one attached hydrogen (secondary N) is 1. The van der Waals surface area contributed by atoms with Gasteiger partial charge in [0.1, 0.15) is 24.4 Å². The Kier molecular flexibility index (Phi) is 61.7. The summed E-state index contributed by atoms with van der Waals surface area (Å²) in [7, 11) is 0. The van der Waals surface area contributed by atoms with Crippen molar-refractivity contribution in [1.82, 2.24) is 5.32 Å². The smallest absolute Gasteiger partial charge is 0.306 e. The van der Waals surface area contributed by atoms with Gasteiger partial charge in [-0.15, -0.1) is 0 Å². The summed E-state index contributed by atoms with van der Waals surface area (Å²) >= 11 is 0. The molecule has 0 radical (unpaired) electrons. The average molecular weight is 1260 g/mol. The Morgan fingerprint density at radius 1 is 0.433 bits per heavy atom. The lowest BCUT2D eigenvalue weighted by molar-refractivity contribution is -0.305. The number of allylic oxidation sites excluding steroid dienone is 15. The molecular formula is C79H139NO10.